The average molecular weight is 399 g/mol. The summed E-state index contributed by atoms with van der Waals surface area (Å²) in [4.78, 5) is 26.3. The van der Waals surface area contributed by atoms with Crippen LogP contribution in [-0.2, 0) is 9.47 Å². The molecule has 1 amide bonds. The molecule has 1 heterocycles. The lowest BCUT2D eigenvalue weighted by Gasteiger charge is -2.34. The van der Waals surface area contributed by atoms with Gasteiger partial charge in [-0.3, -0.25) is 0 Å². The van der Waals surface area contributed by atoms with Gasteiger partial charge in [0.1, 0.15) is 16.9 Å². The van der Waals surface area contributed by atoms with E-state index >= 15 is 0 Å². The number of likely N-dealkylation sites (tertiary alicyclic amines) is 1. The quantitative estimate of drug-likeness (QED) is 0.700. The van der Waals surface area contributed by atoms with Crippen LogP contribution in [0.5, 0.6) is 5.75 Å². The van der Waals surface area contributed by atoms with Crippen LogP contribution in [0.4, 0.5) is 4.79 Å². The van der Waals surface area contributed by atoms with Crippen LogP contribution in [0.1, 0.15) is 44.0 Å². The van der Waals surface area contributed by atoms with E-state index in [9.17, 15) is 9.59 Å². The van der Waals surface area contributed by atoms with Gasteiger partial charge < -0.3 is 19.1 Å². The first kappa shape index (κ1) is 21.0. The Morgan fingerprint density at radius 3 is 2.48 bits per heavy atom. The normalized spacial score (nSPS) is 17.1. The molecule has 1 atom stereocenters. The number of amides is 1. The number of rotatable bonds is 4. The SMILES string of the molecule is COC(=O)c1cc2ccccc2cc1OCC1CCCN(C(=O)OC(C)(C)C)C1. The summed E-state index contributed by atoms with van der Waals surface area (Å²) < 4.78 is 16.5. The zero-order valence-corrected chi connectivity index (χ0v) is 17.6. The summed E-state index contributed by atoms with van der Waals surface area (Å²) in [5, 5.41) is 1.95. The zero-order valence-electron chi connectivity index (χ0n) is 17.6. The van der Waals surface area contributed by atoms with Crippen molar-refractivity contribution in [3.8, 4) is 5.75 Å². The number of carbonyl (C=O) groups is 2. The zero-order chi connectivity index (χ0) is 21.0. The molecule has 1 aliphatic heterocycles. The van der Waals surface area contributed by atoms with Gasteiger partial charge in [0.25, 0.3) is 0 Å². The highest BCUT2D eigenvalue weighted by Gasteiger charge is 2.28. The first-order valence-corrected chi connectivity index (χ1v) is 9.98. The third-order valence-electron chi connectivity index (χ3n) is 4.90. The maximum atomic E-state index is 12.4. The molecule has 0 aliphatic carbocycles. The van der Waals surface area contributed by atoms with Crippen molar-refractivity contribution in [1.82, 2.24) is 4.90 Å². The minimum Gasteiger partial charge on any atom is -0.492 e. The van der Waals surface area contributed by atoms with Crippen LogP contribution in [0.15, 0.2) is 36.4 Å². The predicted octanol–water partition coefficient (Wildman–Crippen LogP) is 4.65. The molecule has 6 nitrogen and oxygen atoms in total. The van der Waals surface area contributed by atoms with E-state index in [-0.39, 0.29) is 12.0 Å². The van der Waals surface area contributed by atoms with Crippen molar-refractivity contribution in [2.75, 3.05) is 26.8 Å². The summed E-state index contributed by atoms with van der Waals surface area (Å²) in [5.74, 6) is 0.253. The van der Waals surface area contributed by atoms with Crippen LogP contribution in [0, 0.1) is 5.92 Å². The van der Waals surface area contributed by atoms with Crippen LogP contribution in [-0.4, -0.2) is 49.4 Å². The van der Waals surface area contributed by atoms with E-state index in [0.717, 1.165) is 23.6 Å². The smallest absolute Gasteiger partial charge is 0.410 e. The van der Waals surface area contributed by atoms with Gasteiger partial charge in [0, 0.05) is 19.0 Å². The lowest BCUT2D eigenvalue weighted by molar-refractivity contribution is 0.0139. The predicted molar refractivity (Wildman–Crippen MR) is 111 cm³/mol. The van der Waals surface area contributed by atoms with Crippen LogP contribution >= 0.6 is 0 Å². The number of esters is 1. The number of nitrogens with zero attached hydrogens (tertiary/aromatic N) is 1. The van der Waals surface area contributed by atoms with Crippen molar-refractivity contribution >= 4 is 22.8 Å². The number of ether oxygens (including phenoxy) is 3. The van der Waals surface area contributed by atoms with Crippen molar-refractivity contribution in [1.29, 1.82) is 0 Å². The maximum Gasteiger partial charge on any atom is 0.410 e. The molecule has 0 bridgehead atoms. The number of hydrogen-bond donors (Lipinski definition) is 0. The Labute approximate surface area is 171 Å². The van der Waals surface area contributed by atoms with Gasteiger partial charge in [0.15, 0.2) is 0 Å². The molecule has 0 N–H and O–H groups in total. The van der Waals surface area contributed by atoms with Crippen molar-refractivity contribution in [2.24, 2.45) is 5.92 Å². The molecular weight excluding hydrogens is 370 g/mol. The highest BCUT2D eigenvalue weighted by molar-refractivity contribution is 5.98. The van der Waals surface area contributed by atoms with Crippen LogP contribution in [0.25, 0.3) is 10.8 Å². The lowest BCUT2D eigenvalue weighted by Crippen LogP contribution is -2.44. The lowest BCUT2D eigenvalue weighted by atomic mass is 9.99. The molecule has 1 saturated heterocycles. The molecule has 1 aliphatic rings. The second-order valence-electron chi connectivity index (χ2n) is 8.43. The molecule has 6 heteroatoms. The van der Waals surface area contributed by atoms with E-state index < -0.39 is 11.6 Å². The number of piperidine rings is 1. The third-order valence-corrected chi connectivity index (χ3v) is 4.90. The second-order valence-corrected chi connectivity index (χ2v) is 8.43. The highest BCUT2D eigenvalue weighted by Crippen LogP contribution is 2.28. The van der Waals surface area contributed by atoms with Gasteiger partial charge in [-0.1, -0.05) is 24.3 Å². The van der Waals surface area contributed by atoms with E-state index in [2.05, 4.69) is 0 Å². The van der Waals surface area contributed by atoms with Gasteiger partial charge in [0.05, 0.1) is 13.7 Å². The molecule has 1 fully saturated rings. The van der Waals surface area contributed by atoms with Crippen LogP contribution < -0.4 is 4.74 Å². The molecule has 0 saturated carbocycles. The second kappa shape index (κ2) is 8.72. The van der Waals surface area contributed by atoms with Crippen molar-refractivity contribution < 1.29 is 23.8 Å². The monoisotopic (exact) mass is 399 g/mol. The summed E-state index contributed by atoms with van der Waals surface area (Å²) in [6.07, 6.45) is 1.57. The van der Waals surface area contributed by atoms with E-state index in [1.165, 1.54) is 7.11 Å². The van der Waals surface area contributed by atoms with Gasteiger partial charge >= 0.3 is 12.1 Å². The van der Waals surface area contributed by atoms with E-state index in [0.29, 0.717) is 31.0 Å². The van der Waals surface area contributed by atoms with Crippen molar-refractivity contribution in [2.45, 2.75) is 39.2 Å². The van der Waals surface area contributed by atoms with Crippen molar-refractivity contribution in [3.63, 3.8) is 0 Å². The molecule has 29 heavy (non-hydrogen) atoms. The summed E-state index contributed by atoms with van der Waals surface area (Å²) >= 11 is 0. The standard InChI is InChI=1S/C23H29NO5/c1-23(2,3)29-22(26)24-11-7-8-16(14-24)15-28-20-13-18-10-6-5-9-17(18)12-19(20)21(25)27-4/h5-6,9-10,12-13,16H,7-8,11,14-15H2,1-4H3. The molecule has 2 aromatic carbocycles. The summed E-state index contributed by atoms with van der Waals surface area (Å²) in [7, 11) is 1.36. The average Bonchev–Trinajstić information content (AvgIpc) is 2.70. The molecule has 1 unspecified atom stereocenters. The minimum atomic E-state index is -0.513. The number of benzene rings is 2. The Morgan fingerprint density at radius 2 is 1.83 bits per heavy atom. The van der Waals surface area contributed by atoms with E-state index in [1.54, 1.807) is 11.0 Å². The summed E-state index contributed by atoms with van der Waals surface area (Å²) in [6.45, 7) is 7.28. The molecule has 2 aromatic rings. The van der Waals surface area contributed by atoms with Crippen LogP contribution in [0.2, 0.25) is 0 Å². The Kier molecular flexibility index (Phi) is 6.30. The first-order chi connectivity index (χ1) is 13.8. The number of carbonyl (C=O) groups excluding carboxylic acids is 2. The third kappa shape index (κ3) is 5.40. The molecule has 0 radical (unpaired) electrons. The van der Waals surface area contributed by atoms with Crippen molar-refractivity contribution in [3.05, 3.63) is 42.0 Å². The largest absolute Gasteiger partial charge is 0.492 e. The van der Waals surface area contributed by atoms with Gasteiger partial charge in [-0.15, -0.1) is 0 Å². The maximum absolute atomic E-state index is 12.4. The Balaban J connectivity index is 1.71. The first-order valence-electron chi connectivity index (χ1n) is 9.98. The minimum absolute atomic E-state index is 0.174. The summed E-state index contributed by atoms with van der Waals surface area (Å²) in [5.41, 5.74) is -0.105. The highest BCUT2D eigenvalue weighted by atomic mass is 16.6. The fourth-order valence-corrected chi connectivity index (χ4v) is 3.51. The molecule has 3 rings (SSSR count). The fourth-order valence-electron chi connectivity index (χ4n) is 3.51. The van der Waals surface area contributed by atoms with Gasteiger partial charge in [0.2, 0.25) is 0 Å². The van der Waals surface area contributed by atoms with Gasteiger partial charge in [-0.2, -0.15) is 0 Å². The van der Waals surface area contributed by atoms with E-state index in [4.69, 9.17) is 14.2 Å². The molecule has 0 spiro atoms. The Morgan fingerprint density at radius 1 is 1.14 bits per heavy atom. The Hall–Kier alpha value is -2.76. The van der Waals surface area contributed by atoms with Crippen LogP contribution in [0.3, 0.4) is 0 Å². The Bertz CT molecular complexity index is 886. The molecule has 156 valence electrons. The fraction of sp³-hybridized carbons (Fsp3) is 0.478. The van der Waals surface area contributed by atoms with Gasteiger partial charge in [-0.25, -0.2) is 9.59 Å². The topological polar surface area (TPSA) is 65.1 Å². The number of fused-ring (bicyclic) bond motifs is 1. The molecular formula is C23H29NO5. The summed E-state index contributed by atoms with van der Waals surface area (Å²) in [6, 6.07) is 11.5. The van der Waals surface area contributed by atoms with Gasteiger partial charge in [-0.05, 0) is 56.5 Å². The number of methoxy groups -OCH3 is 1. The molecule has 0 aromatic heterocycles. The van der Waals surface area contributed by atoms with E-state index in [1.807, 2.05) is 51.1 Å². The number of hydrogen-bond acceptors (Lipinski definition) is 5.